The molecule has 1 aromatic carbocycles. The number of hydrogen-bond acceptors (Lipinski definition) is 2. The Kier molecular flexibility index (Phi) is 5.06. The minimum Gasteiger partial charge on any atom is -0.371 e. The molecule has 0 spiro atoms. The van der Waals surface area contributed by atoms with E-state index in [0.717, 1.165) is 25.6 Å². The summed E-state index contributed by atoms with van der Waals surface area (Å²) in [6.45, 7) is 8.79. The first-order valence-electron chi connectivity index (χ1n) is 7.38. The third-order valence-electron chi connectivity index (χ3n) is 3.98. The Morgan fingerprint density at radius 1 is 1.22 bits per heavy atom. The van der Waals surface area contributed by atoms with Gasteiger partial charge in [0.2, 0.25) is 0 Å². The zero-order valence-corrected chi connectivity index (χ0v) is 11.8. The van der Waals surface area contributed by atoms with Crippen LogP contribution in [0, 0.1) is 5.92 Å². The Hall–Kier alpha value is -1.02. The maximum atomic E-state index is 3.44. The fourth-order valence-electron chi connectivity index (χ4n) is 2.61. The van der Waals surface area contributed by atoms with Crippen molar-refractivity contribution in [2.75, 3.05) is 24.5 Å². The third-order valence-corrected chi connectivity index (χ3v) is 3.98. The zero-order chi connectivity index (χ0) is 12.8. The highest BCUT2D eigenvalue weighted by molar-refractivity contribution is 5.53. The SMILES string of the molecule is CCNCc1ccccc1N(CC)CC1CCC1. The molecule has 2 heteroatoms. The Bertz CT molecular complexity index is 358. The molecule has 2 nitrogen and oxygen atoms in total. The van der Waals surface area contributed by atoms with Gasteiger partial charge in [-0.25, -0.2) is 0 Å². The number of rotatable bonds is 7. The Morgan fingerprint density at radius 2 is 2.00 bits per heavy atom. The molecule has 0 aliphatic heterocycles. The number of anilines is 1. The number of nitrogens with one attached hydrogen (secondary N) is 1. The molecule has 0 radical (unpaired) electrons. The normalized spacial score (nSPS) is 15.4. The highest BCUT2D eigenvalue weighted by atomic mass is 15.1. The standard InChI is InChI=1S/C16H26N2/c1-3-17-12-15-10-5-6-11-16(15)18(4-2)13-14-8-7-9-14/h5-6,10-11,14,17H,3-4,7-9,12-13H2,1-2H3. The first-order chi connectivity index (χ1) is 8.85. The zero-order valence-electron chi connectivity index (χ0n) is 11.8. The van der Waals surface area contributed by atoms with Gasteiger partial charge in [-0.1, -0.05) is 31.5 Å². The predicted molar refractivity (Wildman–Crippen MR) is 79.1 cm³/mol. The summed E-state index contributed by atoms with van der Waals surface area (Å²) < 4.78 is 0. The van der Waals surface area contributed by atoms with Crippen LogP contribution in [0.25, 0.3) is 0 Å². The topological polar surface area (TPSA) is 15.3 Å². The molecule has 0 unspecified atom stereocenters. The van der Waals surface area contributed by atoms with Crippen LogP contribution in [0.4, 0.5) is 5.69 Å². The van der Waals surface area contributed by atoms with E-state index in [4.69, 9.17) is 0 Å². The van der Waals surface area contributed by atoms with Crippen molar-refractivity contribution in [1.82, 2.24) is 5.32 Å². The van der Waals surface area contributed by atoms with Crippen LogP contribution >= 0.6 is 0 Å². The van der Waals surface area contributed by atoms with Crippen LogP contribution < -0.4 is 10.2 Å². The van der Waals surface area contributed by atoms with E-state index in [1.54, 1.807) is 0 Å². The monoisotopic (exact) mass is 246 g/mol. The first-order valence-corrected chi connectivity index (χ1v) is 7.38. The van der Waals surface area contributed by atoms with Crippen molar-refractivity contribution in [3.05, 3.63) is 29.8 Å². The van der Waals surface area contributed by atoms with Crippen molar-refractivity contribution in [2.24, 2.45) is 5.92 Å². The average molecular weight is 246 g/mol. The second kappa shape index (κ2) is 6.79. The molecule has 1 aliphatic rings. The van der Waals surface area contributed by atoms with Gasteiger partial charge in [0.1, 0.15) is 0 Å². The molecule has 0 amide bonds. The van der Waals surface area contributed by atoms with Crippen molar-refractivity contribution >= 4 is 5.69 Å². The van der Waals surface area contributed by atoms with Crippen LogP contribution in [0.2, 0.25) is 0 Å². The Balaban J connectivity index is 2.07. The second-order valence-corrected chi connectivity index (χ2v) is 5.24. The Morgan fingerprint density at radius 3 is 2.61 bits per heavy atom. The van der Waals surface area contributed by atoms with Crippen molar-refractivity contribution < 1.29 is 0 Å². The highest BCUT2D eigenvalue weighted by Gasteiger charge is 2.21. The van der Waals surface area contributed by atoms with Gasteiger partial charge in [-0.3, -0.25) is 0 Å². The van der Waals surface area contributed by atoms with Crippen LogP contribution in [-0.2, 0) is 6.54 Å². The lowest BCUT2D eigenvalue weighted by molar-refractivity contribution is 0.318. The summed E-state index contributed by atoms with van der Waals surface area (Å²) in [4.78, 5) is 2.55. The molecule has 0 aromatic heterocycles. The minimum atomic E-state index is 0.928. The smallest absolute Gasteiger partial charge is 0.0411 e. The van der Waals surface area contributed by atoms with Gasteiger partial charge in [-0.05, 0) is 43.9 Å². The summed E-state index contributed by atoms with van der Waals surface area (Å²) in [5.41, 5.74) is 2.85. The van der Waals surface area contributed by atoms with Gasteiger partial charge < -0.3 is 10.2 Å². The van der Waals surface area contributed by atoms with Gasteiger partial charge in [0.25, 0.3) is 0 Å². The van der Waals surface area contributed by atoms with Gasteiger partial charge in [0.05, 0.1) is 0 Å². The predicted octanol–water partition coefficient (Wildman–Crippen LogP) is 3.42. The first kappa shape index (κ1) is 13.4. The molecule has 18 heavy (non-hydrogen) atoms. The average Bonchev–Trinajstić information content (AvgIpc) is 2.36. The van der Waals surface area contributed by atoms with Crippen molar-refractivity contribution in [1.29, 1.82) is 0 Å². The lowest BCUT2D eigenvalue weighted by Gasteiger charge is -2.34. The van der Waals surface area contributed by atoms with E-state index in [9.17, 15) is 0 Å². The number of hydrogen-bond donors (Lipinski definition) is 1. The van der Waals surface area contributed by atoms with Crippen LogP contribution in [-0.4, -0.2) is 19.6 Å². The maximum absolute atomic E-state index is 3.44. The van der Waals surface area contributed by atoms with Crippen molar-refractivity contribution in [3.8, 4) is 0 Å². The molecular weight excluding hydrogens is 220 g/mol. The summed E-state index contributed by atoms with van der Waals surface area (Å²) in [6.07, 6.45) is 4.28. The number of para-hydroxylation sites is 1. The number of nitrogens with zero attached hydrogens (tertiary/aromatic N) is 1. The fraction of sp³-hybridized carbons (Fsp3) is 0.625. The Labute approximate surface area is 111 Å². The molecule has 100 valence electrons. The van der Waals surface area contributed by atoms with Gasteiger partial charge in [0, 0.05) is 25.3 Å². The van der Waals surface area contributed by atoms with E-state index in [-0.39, 0.29) is 0 Å². The van der Waals surface area contributed by atoms with Crippen LogP contribution in [0.1, 0.15) is 38.7 Å². The lowest BCUT2D eigenvalue weighted by Crippen LogP contribution is -2.33. The third kappa shape index (κ3) is 3.26. The van der Waals surface area contributed by atoms with E-state index < -0.39 is 0 Å². The summed E-state index contributed by atoms with van der Waals surface area (Å²) in [7, 11) is 0. The number of benzene rings is 1. The van der Waals surface area contributed by atoms with Crippen LogP contribution in [0.3, 0.4) is 0 Å². The quantitative estimate of drug-likeness (QED) is 0.793. The summed E-state index contributed by atoms with van der Waals surface area (Å²) >= 11 is 0. The summed E-state index contributed by atoms with van der Waals surface area (Å²) in [5, 5.41) is 3.44. The molecule has 0 heterocycles. The molecule has 0 atom stereocenters. The van der Waals surface area contributed by atoms with Crippen molar-refractivity contribution in [3.63, 3.8) is 0 Å². The molecule has 1 aromatic rings. The van der Waals surface area contributed by atoms with Gasteiger partial charge in [0.15, 0.2) is 0 Å². The molecule has 1 N–H and O–H groups in total. The maximum Gasteiger partial charge on any atom is 0.0411 e. The molecule has 0 saturated heterocycles. The molecular formula is C16H26N2. The summed E-state index contributed by atoms with van der Waals surface area (Å²) in [6, 6.07) is 8.83. The van der Waals surface area contributed by atoms with E-state index >= 15 is 0 Å². The van der Waals surface area contributed by atoms with Gasteiger partial charge in [-0.15, -0.1) is 0 Å². The van der Waals surface area contributed by atoms with E-state index in [2.05, 4.69) is 48.3 Å². The summed E-state index contributed by atoms with van der Waals surface area (Å²) in [5.74, 6) is 0.928. The lowest BCUT2D eigenvalue weighted by atomic mass is 9.85. The van der Waals surface area contributed by atoms with Crippen LogP contribution in [0.5, 0.6) is 0 Å². The van der Waals surface area contributed by atoms with Gasteiger partial charge in [-0.2, -0.15) is 0 Å². The molecule has 2 rings (SSSR count). The van der Waals surface area contributed by atoms with Crippen LogP contribution in [0.15, 0.2) is 24.3 Å². The van der Waals surface area contributed by atoms with Gasteiger partial charge >= 0.3 is 0 Å². The van der Waals surface area contributed by atoms with E-state index in [1.807, 2.05) is 0 Å². The fourth-order valence-corrected chi connectivity index (χ4v) is 2.61. The molecule has 1 aliphatic carbocycles. The highest BCUT2D eigenvalue weighted by Crippen LogP contribution is 2.30. The van der Waals surface area contributed by atoms with E-state index in [0.29, 0.717) is 0 Å². The largest absolute Gasteiger partial charge is 0.371 e. The van der Waals surface area contributed by atoms with E-state index in [1.165, 1.54) is 37.1 Å². The molecule has 1 fully saturated rings. The molecule has 0 bridgehead atoms. The minimum absolute atomic E-state index is 0.928. The second-order valence-electron chi connectivity index (χ2n) is 5.24. The van der Waals surface area contributed by atoms with Crippen molar-refractivity contribution in [2.45, 2.75) is 39.7 Å². The molecule has 1 saturated carbocycles.